The first kappa shape index (κ1) is 24.4. The molecule has 37 heavy (non-hydrogen) atoms. The Bertz CT molecular complexity index is 1430. The van der Waals surface area contributed by atoms with Gasteiger partial charge in [-0.25, -0.2) is 4.98 Å². The van der Waals surface area contributed by atoms with E-state index in [9.17, 15) is 18.4 Å². The lowest BCUT2D eigenvalue weighted by atomic mass is 9.99. The van der Waals surface area contributed by atoms with Crippen molar-refractivity contribution in [2.24, 2.45) is 0 Å². The van der Waals surface area contributed by atoms with Crippen LogP contribution in [0.25, 0.3) is 10.9 Å². The second kappa shape index (κ2) is 9.61. The van der Waals surface area contributed by atoms with Gasteiger partial charge in [0.2, 0.25) is 11.8 Å². The second-order valence-electron chi connectivity index (χ2n) is 9.05. The van der Waals surface area contributed by atoms with Crippen LogP contribution in [0.15, 0.2) is 73.1 Å². The Kier molecular flexibility index (Phi) is 6.32. The number of hydrogen-bond donors (Lipinski definition) is 1. The molecule has 0 saturated carbocycles. The fraction of sp³-hybridized carbons (Fsp3) is 0.259. The van der Waals surface area contributed by atoms with E-state index in [0.29, 0.717) is 25.0 Å². The van der Waals surface area contributed by atoms with Gasteiger partial charge in [-0.2, -0.15) is 13.9 Å². The molecule has 1 N–H and O–H groups in total. The van der Waals surface area contributed by atoms with Crippen molar-refractivity contribution in [3.05, 3.63) is 84.2 Å². The van der Waals surface area contributed by atoms with Crippen LogP contribution >= 0.6 is 0 Å². The lowest BCUT2D eigenvalue weighted by Crippen LogP contribution is -2.46. The number of alkyl halides is 2. The van der Waals surface area contributed by atoms with Crippen LogP contribution in [0.5, 0.6) is 5.88 Å². The van der Waals surface area contributed by atoms with Gasteiger partial charge in [0, 0.05) is 36.7 Å². The van der Waals surface area contributed by atoms with Crippen LogP contribution in [0.3, 0.4) is 0 Å². The minimum absolute atomic E-state index is 0.0941. The first-order valence-corrected chi connectivity index (χ1v) is 11.7. The van der Waals surface area contributed by atoms with Gasteiger partial charge >= 0.3 is 5.92 Å². The predicted molar refractivity (Wildman–Crippen MR) is 133 cm³/mol. The van der Waals surface area contributed by atoms with Crippen LogP contribution in [-0.4, -0.2) is 45.7 Å². The summed E-state index contributed by atoms with van der Waals surface area (Å²) < 4.78 is 34.2. The lowest BCUT2D eigenvalue weighted by Gasteiger charge is -2.29. The van der Waals surface area contributed by atoms with Gasteiger partial charge in [-0.3, -0.25) is 14.3 Å². The molecule has 2 amide bonds. The third-order valence-corrected chi connectivity index (χ3v) is 6.42. The molecule has 1 saturated heterocycles. The molecule has 190 valence electrons. The topological polar surface area (TPSA) is 89.4 Å². The molecule has 0 bridgehead atoms. The summed E-state index contributed by atoms with van der Waals surface area (Å²) in [6, 6.07) is 16.9. The highest BCUT2D eigenvalue weighted by Crippen LogP contribution is 2.38. The molecule has 2 atom stereocenters. The summed E-state index contributed by atoms with van der Waals surface area (Å²) in [5.41, 5.74) is 3.14. The van der Waals surface area contributed by atoms with Crippen LogP contribution in [0, 0.1) is 0 Å². The second-order valence-corrected chi connectivity index (χ2v) is 9.05. The summed E-state index contributed by atoms with van der Waals surface area (Å²) >= 11 is 0. The number of methoxy groups -OCH3 is 1. The standard InChI is InChI=1S/C27H25F2N5O3/c1-27(28,29)26(36)32-21-13-24(35)34(25(21)18-6-4-3-5-7-18)20-9-10-22-19(12-20)15-31-33(22)16-17-8-11-23(37-2)30-14-17/h3-12,14-15,21,25H,13,16H2,1-2H3,(H,32,36)/t21-,25+/m1/s1. The normalized spacial score (nSPS) is 17.8. The van der Waals surface area contributed by atoms with E-state index >= 15 is 0 Å². The zero-order valence-electron chi connectivity index (χ0n) is 20.3. The van der Waals surface area contributed by atoms with Crippen LogP contribution in [0.1, 0.15) is 30.5 Å². The van der Waals surface area contributed by atoms with Gasteiger partial charge < -0.3 is 15.0 Å². The maximum atomic E-state index is 13.7. The van der Waals surface area contributed by atoms with Gasteiger partial charge in [0.05, 0.1) is 37.5 Å². The molecule has 4 aromatic rings. The van der Waals surface area contributed by atoms with E-state index in [1.165, 1.54) is 0 Å². The molecule has 1 aliphatic heterocycles. The Morgan fingerprint density at radius 1 is 1.14 bits per heavy atom. The van der Waals surface area contributed by atoms with Crippen molar-refractivity contribution in [3.8, 4) is 5.88 Å². The third kappa shape index (κ3) is 4.87. The van der Waals surface area contributed by atoms with Crippen LogP contribution < -0.4 is 15.0 Å². The Morgan fingerprint density at radius 3 is 2.59 bits per heavy atom. The zero-order chi connectivity index (χ0) is 26.2. The first-order chi connectivity index (χ1) is 17.7. The summed E-state index contributed by atoms with van der Waals surface area (Å²) in [5.74, 6) is -4.70. The summed E-state index contributed by atoms with van der Waals surface area (Å²) in [6.07, 6.45) is 3.34. The van der Waals surface area contributed by atoms with Crippen LogP contribution in [-0.2, 0) is 16.1 Å². The molecule has 10 heteroatoms. The van der Waals surface area contributed by atoms with Crippen molar-refractivity contribution >= 4 is 28.4 Å². The number of anilines is 1. The number of nitrogens with zero attached hydrogens (tertiary/aromatic N) is 4. The van der Waals surface area contributed by atoms with Gasteiger partial charge in [0.25, 0.3) is 5.91 Å². The van der Waals surface area contributed by atoms with Crippen molar-refractivity contribution in [2.75, 3.05) is 12.0 Å². The molecule has 1 fully saturated rings. The van der Waals surface area contributed by atoms with Crippen molar-refractivity contribution in [1.29, 1.82) is 0 Å². The third-order valence-electron chi connectivity index (χ3n) is 6.42. The summed E-state index contributed by atoms with van der Waals surface area (Å²) in [5, 5.41) is 7.70. The Morgan fingerprint density at radius 2 is 1.92 bits per heavy atom. The fourth-order valence-corrected chi connectivity index (χ4v) is 4.64. The van der Waals surface area contributed by atoms with Crippen molar-refractivity contribution in [3.63, 3.8) is 0 Å². The molecular formula is C27H25F2N5O3. The molecule has 3 heterocycles. The molecule has 0 aliphatic carbocycles. The minimum atomic E-state index is -3.55. The van der Waals surface area contributed by atoms with E-state index in [1.54, 1.807) is 36.5 Å². The lowest BCUT2D eigenvalue weighted by molar-refractivity contribution is -0.143. The predicted octanol–water partition coefficient (Wildman–Crippen LogP) is 4.11. The Hall–Kier alpha value is -4.34. The smallest absolute Gasteiger partial charge is 0.321 e. The maximum absolute atomic E-state index is 13.7. The Labute approximate surface area is 211 Å². The van der Waals surface area contributed by atoms with E-state index in [0.717, 1.165) is 22.0 Å². The number of benzene rings is 2. The average Bonchev–Trinajstić information content (AvgIpc) is 3.44. The summed E-state index contributed by atoms with van der Waals surface area (Å²) in [4.78, 5) is 31.1. The van der Waals surface area contributed by atoms with Gasteiger partial charge in [0.1, 0.15) is 0 Å². The van der Waals surface area contributed by atoms with Gasteiger partial charge in [-0.05, 0) is 29.3 Å². The van der Waals surface area contributed by atoms with Crippen LogP contribution in [0.4, 0.5) is 14.5 Å². The first-order valence-electron chi connectivity index (χ1n) is 11.7. The maximum Gasteiger partial charge on any atom is 0.321 e. The molecular weight excluding hydrogens is 480 g/mol. The highest BCUT2D eigenvalue weighted by molar-refractivity contribution is 6.00. The number of hydrogen-bond acceptors (Lipinski definition) is 5. The summed E-state index contributed by atoms with van der Waals surface area (Å²) in [7, 11) is 1.56. The minimum Gasteiger partial charge on any atom is -0.481 e. The fourth-order valence-electron chi connectivity index (χ4n) is 4.64. The monoisotopic (exact) mass is 505 g/mol. The SMILES string of the molecule is COc1ccc(Cn2ncc3cc(N4C(=O)C[C@@H](NC(=O)C(C)(F)F)[C@@H]4c4ccccc4)ccc32)cn1. The zero-order valence-corrected chi connectivity index (χ0v) is 20.3. The Balaban J connectivity index is 1.46. The van der Waals surface area contributed by atoms with E-state index in [-0.39, 0.29) is 12.3 Å². The molecule has 2 aromatic heterocycles. The number of nitrogens with one attached hydrogen (secondary N) is 1. The van der Waals surface area contributed by atoms with Crippen molar-refractivity contribution in [1.82, 2.24) is 20.1 Å². The van der Waals surface area contributed by atoms with E-state index in [1.807, 2.05) is 53.2 Å². The number of aromatic nitrogens is 3. The highest BCUT2D eigenvalue weighted by Gasteiger charge is 2.45. The number of ether oxygens (including phenoxy) is 1. The number of rotatable bonds is 7. The number of fused-ring (bicyclic) bond motifs is 1. The average molecular weight is 506 g/mol. The van der Waals surface area contributed by atoms with E-state index in [4.69, 9.17) is 4.74 Å². The van der Waals surface area contributed by atoms with Crippen molar-refractivity contribution < 1.29 is 23.1 Å². The molecule has 8 nitrogen and oxygen atoms in total. The number of carbonyl (C=O) groups is 2. The van der Waals surface area contributed by atoms with E-state index in [2.05, 4.69) is 15.4 Å². The number of pyridine rings is 1. The quantitative estimate of drug-likeness (QED) is 0.409. The van der Waals surface area contributed by atoms with Crippen LogP contribution in [0.2, 0.25) is 0 Å². The van der Waals surface area contributed by atoms with Gasteiger partial charge in [0.15, 0.2) is 0 Å². The van der Waals surface area contributed by atoms with Gasteiger partial charge in [-0.15, -0.1) is 0 Å². The summed E-state index contributed by atoms with van der Waals surface area (Å²) in [6.45, 7) is 1.04. The van der Waals surface area contributed by atoms with Gasteiger partial charge in [-0.1, -0.05) is 36.4 Å². The largest absolute Gasteiger partial charge is 0.481 e. The molecule has 0 radical (unpaired) electrons. The van der Waals surface area contributed by atoms with E-state index < -0.39 is 23.9 Å². The number of amides is 2. The highest BCUT2D eigenvalue weighted by atomic mass is 19.3. The molecule has 0 spiro atoms. The molecule has 2 aromatic carbocycles. The number of carbonyl (C=O) groups excluding carboxylic acids is 2. The molecule has 0 unspecified atom stereocenters. The molecule has 1 aliphatic rings. The van der Waals surface area contributed by atoms with Crippen molar-refractivity contribution in [2.45, 2.75) is 37.9 Å². The molecule has 5 rings (SSSR count). The number of halogens is 2.